The first-order valence-corrected chi connectivity index (χ1v) is 7.36. The molecule has 2 aromatic carbocycles. The van der Waals surface area contributed by atoms with E-state index in [-0.39, 0.29) is 18.3 Å². The van der Waals surface area contributed by atoms with Gasteiger partial charge in [-0.3, -0.25) is 4.79 Å². The molecule has 22 heavy (non-hydrogen) atoms. The minimum Gasteiger partial charge on any atom is -0.376 e. The summed E-state index contributed by atoms with van der Waals surface area (Å²) in [5.74, 6) is -0.205. The number of carbonyl (C=O) groups is 1. The molecule has 0 spiro atoms. The lowest BCUT2D eigenvalue weighted by atomic mass is 9.98. The molecule has 0 bridgehead atoms. The minimum absolute atomic E-state index is 0.140. The second-order valence-corrected chi connectivity index (χ2v) is 5.61. The largest absolute Gasteiger partial charge is 0.376 e. The number of para-hydroxylation sites is 1. The summed E-state index contributed by atoms with van der Waals surface area (Å²) in [7, 11) is 0. The Morgan fingerprint density at radius 2 is 1.91 bits per heavy atom. The fourth-order valence-corrected chi connectivity index (χ4v) is 2.35. The van der Waals surface area contributed by atoms with Crippen LogP contribution in [0.3, 0.4) is 0 Å². The lowest BCUT2D eigenvalue weighted by molar-refractivity contribution is -0.114. The molecule has 0 aliphatic carbocycles. The van der Waals surface area contributed by atoms with Gasteiger partial charge in [0.1, 0.15) is 5.82 Å². The number of halogens is 1. The molecule has 3 nitrogen and oxygen atoms in total. The van der Waals surface area contributed by atoms with Gasteiger partial charge in [0.15, 0.2) is 0 Å². The summed E-state index contributed by atoms with van der Waals surface area (Å²) in [6.07, 6.45) is 0. The van der Waals surface area contributed by atoms with Crippen molar-refractivity contribution < 1.29 is 9.18 Å². The third kappa shape index (κ3) is 4.07. The van der Waals surface area contributed by atoms with E-state index in [0.717, 1.165) is 11.3 Å². The molecule has 0 atom stereocenters. The standard InChI is InChI=1S/C18H21FN2O/c1-12(2)16-9-4-6-13(3)18(16)20-11-17(22)21-15-8-5-7-14(19)10-15/h4-10,12,20H,11H2,1-3H3,(H,21,22). The topological polar surface area (TPSA) is 41.1 Å². The molecule has 2 rings (SSSR count). The van der Waals surface area contributed by atoms with E-state index in [4.69, 9.17) is 0 Å². The maximum Gasteiger partial charge on any atom is 0.243 e. The van der Waals surface area contributed by atoms with Crippen LogP contribution in [0.2, 0.25) is 0 Å². The fraction of sp³-hybridized carbons (Fsp3) is 0.278. The predicted molar refractivity (Wildman–Crippen MR) is 88.8 cm³/mol. The molecule has 0 heterocycles. The highest BCUT2D eigenvalue weighted by Gasteiger charge is 2.10. The highest BCUT2D eigenvalue weighted by atomic mass is 19.1. The Morgan fingerprint density at radius 1 is 1.18 bits per heavy atom. The zero-order valence-corrected chi connectivity index (χ0v) is 13.1. The van der Waals surface area contributed by atoms with Gasteiger partial charge in [-0.25, -0.2) is 4.39 Å². The van der Waals surface area contributed by atoms with Gasteiger partial charge in [-0.15, -0.1) is 0 Å². The average molecular weight is 300 g/mol. The third-order valence-electron chi connectivity index (χ3n) is 3.46. The van der Waals surface area contributed by atoms with Crippen LogP contribution in [0.15, 0.2) is 42.5 Å². The first-order chi connectivity index (χ1) is 10.5. The molecule has 0 unspecified atom stereocenters. The minimum atomic E-state index is -0.369. The normalized spacial score (nSPS) is 10.6. The van der Waals surface area contributed by atoms with E-state index in [9.17, 15) is 9.18 Å². The summed E-state index contributed by atoms with van der Waals surface area (Å²) in [5, 5.41) is 5.87. The summed E-state index contributed by atoms with van der Waals surface area (Å²) in [5.41, 5.74) is 3.73. The van der Waals surface area contributed by atoms with Gasteiger partial charge >= 0.3 is 0 Å². The summed E-state index contributed by atoms with van der Waals surface area (Å²) >= 11 is 0. The van der Waals surface area contributed by atoms with E-state index >= 15 is 0 Å². The van der Waals surface area contributed by atoms with Crippen molar-refractivity contribution in [3.63, 3.8) is 0 Å². The number of carbonyl (C=O) groups excluding carboxylic acids is 1. The summed E-state index contributed by atoms with van der Waals surface area (Å²) in [6, 6.07) is 12.0. The van der Waals surface area contributed by atoms with Crippen LogP contribution in [-0.4, -0.2) is 12.5 Å². The molecule has 0 saturated heterocycles. The molecule has 1 amide bonds. The highest BCUT2D eigenvalue weighted by Crippen LogP contribution is 2.27. The van der Waals surface area contributed by atoms with Gasteiger partial charge in [0.05, 0.1) is 6.54 Å². The van der Waals surface area contributed by atoms with Crippen molar-refractivity contribution in [1.29, 1.82) is 0 Å². The van der Waals surface area contributed by atoms with Crippen molar-refractivity contribution in [3.8, 4) is 0 Å². The van der Waals surface area contributed by atoms with Crippen LogP contribution >= 0.6 is 0 Å². The van der Waals surface area contributed by atoms with Crippen LogP contribution in [0.25, 0.3) is 0 Å². The second kappa shape index (κ2) is 7.07. The average Bonchev–Trinajstić information content (AvgIpc) is 2.45. The van der Waals surface area contributed by atoms with Gasteiger partial charge in [-0.05, 0) is 42.2 Å². The van der Waals surface area contributed by atoms with Crippen molar-refractivity contribution in [2.45, 2.75) is 26.7 Å². The van der Waals surface area contributed by atoms with E-state index in [1.807, 2.05) is 19.1 Å². The lowest BCUT2D eigenvalue weighted by Gasteiger charge is -2.17. The van der Waals surface area contributed by atoms with Crippen LogP contribution < -0.4 is 10.6 Å². The van der Waals surface area contributed by atoms with Gasteiger partial charge in [0.2, 0.25) is 5.91 Å². The quantitative estimate of drug-likeness (QED) is 0.864. The van der Waals surface area contributed by atoms with Gasteiger partial charge in [0.25, 0.3) is 0 Å². The number of rotatable bonds is 5. The Labute approximate surface area is 130 Å². The second-order valence-electron chi connectivity index (χ2n) is 5.61. The van der Waals surface area contributed by atoms with Crippen LogP contribution in [0.1, 0.15) is 30.9 Å². The smallest absolute Gasteiger partial charge is 0.243 e. The van der Waals surface area contributed by atoms with Gasteiger partial charge in [0, 0.05) is 11.4 Å². The Hall–Kier alpha value is -2.36. The number of hydrogen-bond donors (Lipinski definition) is 2. The number of benzene rings is 2. The highest BCUT2D eigenvalue weighted by molar-refractivity contribution is 5.93. The Bertz CT molecular complexity index is 668. The third-order valence-corrected chi connectivity index (χ3v) is 3.46. The monoisotopic (exact) mass is 300 g/mol. The maximum atomic E-state index is 13.1. The summed E-state index contributed by atoms with van der Waals surface area (Å²) < 4.78 is 13.1. The molecule has 4 heteroatoms. The molecule has 0 aromatic heterocycles. The predicted octanol–water partition coefficient (Wildman–Crippen LogP) is 4.31. The zero-order valence-electron chi connectivity index (χ0n) is 13.1. The molecule has 0 fully saturated rings. The fourth-order valence-electron chi connectivity index (χ4n) is 2.35. The number of amides is 1. The number of anilines is 2. The SMILES string of the molecule is Cc1cccc(C(C)C)c1NCC(=O)Nc1cccc(F)c1. The lowest BCUT2D eigenvalue weighted by Crippen LogP contribution is -2.22. The van der Waals surface area contributed by atoms with Crippen molar-refractivity contribution in [3.05, 3.63) is 59.4 Å². The zero-order chi connectivity index (χ0) is 16.1. The van der Waals surface area contributed by atoms with E-state index < -0.39 is 0 Å². The summed E-state index contributed by atoms with van der Waals surface area (Å²) in [6.45, 7) is 6.39. The first-order valence-electron chi connectivity index (χ1n) is 7.36. The van der Waals surface area contributed by atoms with Crippen LogP contribution in [0.5, 0.6) is 0 Å². The van der Waals surface area contributed by atoms with Crippen LogP contribution in [0.4, 0.5) is 15.8 Å². The maximum absolute atomic E-state index is 13.1. The van der Waals surface area contributed by atoms with Crippen molar-refractivity contribution in [1.82, 2.24) is 0 Å². The summed E-state index contributed by atoms with van der Waals surface area (Å²) in [4.78, 5) is 12.0. The van der Waals surface area contributed by atoms with Gasteiger partial charge < -0.3 is 10.6 Å². The number of hydrogen-bond acceptors (Lipinski definition) is 2. The van der Waals surface area contributed by atoms with Crippen molar-refractivity contribution in [2.75, 3.05) is 17.2 Å². The molecule has 0 aliphatic rings. The van der Waals surface area contributed by atoms with E-state index in [1.165, 1.54) is 17.7 Å². The molecular weight excluding hydrogens is 279 g/mol. The molecule has 0 aliphatic heterocycles. The number of nitrogens with one attached hydrogen (secondary N) is 2. The van der Waals surface area contributed by atoms with Crippen molar-refractivity contribution >= 4 is 17.3 Å². The molecule has 0 saturated carbocycles. The Kier molecular flexibility index (Phi) is 5.15. The van der Waals surface area contributed by atoms with Crippen LogP contribution in [-0.2, 0) is 4.79 Å². The van der Waals surface area contributed by atoms with Crippen molar-refractivity contribution in [2.24, 2.45) is 0 Å². The van der Waals surface area contributed by atoms with Gasteiger partial charge in [-0.1, -0.05) is 38.1 Å². The molecule has 2 aromatic rings. The van der Waals surface area contributed by atoms with E-state index in [0.29, 0.717) is 11.6 Å². The van der Waals surface area contributed by atoms with E-state index in [1.54, 1.807) is 12.1 Å². The molecule has 116 valence electrons. The number of aryl methyl sites for hydroxylation is 1. The Balaban J connectivity index is 2.03. The molecule has 2 N–H and O–H groups in total. The van der Waals surface area contributed by atoms with E-state index in [2.05, 4.69) is 30.5 Å². The van der Waals surface area contributed by atoms with Crippen LogP contribution in [0, 0.1) is 12.7 Å². The van der Waals surface area contributed by atoms with Gasteiger partial charge in [-0.2, -0.15) is 0 Å². The Morgan fingerprint density at radius 3 is 2.59 bits per heavy atom. The molecular formula is C18H21FN2O. The molecule has 0 radical (unpaired) electrons. The first kappa shape index (κ1) is 16.0.